The second-order valence-corrected chi connectivity index (χ2v) is 6.41. The average molecular weight is 212 g/mol. The molecule has 0 heterocycles. The molecular formula is C13H26NO+. The normalized spacial score (nSPS) is 28.5. The van der Waals surface area contributed by atoms with Gasteiger partial charge in [-0.25, -0.2) is 0 Å². The van der Waals surface area contributed by atoms with Gasteiger partial charge in [0.1, 0.15) is 5.78 Å². The molecule has 0 saturated heterocycles. The van der Waals surface area contributed by atoms with E-state index in [1.54, 1.807) is 0 Å². The van der Waals surface area contributed by atoms with Crippen molar-refractivity contribution < 1.29 is 9.69 Å². The van der Waals surface area contributed by atoms with Crippen LogP contribution in [0.1, 0.15) is 40.0 Å². The molecule has 1 saturated carbocycles. The van der Waals surface area contributed by atoms with Crippen LogP contribution in [-0.4, -0.2) is 26.4 Å². The lowest BCUT2D eigenvalue weighted by Crippen LogP contribution is -3.06. The molecule has 0 amide bonds. The molecule has 0 radical (unpaired) electrons. The van der Waals surface area contributed by atoms with Crippen molar-refractivity contribution in [3.63, 3.8) is 0 Å². The minimum atomic E-state index is 0.313. The molecule has 1 rings (SSSR count). The zero-order valence-corrected chi connectivity index (χ0v) is 10.9. The van der Waals surface area contributed by atoms with Gasteiger partial charge in [0.2, 0.25) is 0 Å². The van der Waals surface area contributed by atoms with E-state index in [0.29, 0.717) is 17.1 Å². The highest BCUT2D eigenvalue weighted by atomic mass is 16.1. The summed E-state index contributed by atoms with van der Waals surface area (Å²) in [6.07, 6.45) is 3.01. The number of ketones is 1. The quantitative estimate of drug-likeness (QED) is 0.729. The minimum Gasteiger partial charge on any atom is -0.339 e. The van der Waals surface area contributed by atoms with Gasteiger partial charge in [0.05, 0.1) is 26.6 Å². The molecule has 0 unspecified atom stereocenters. The van der Waals surface area contributed by atoms with Gasteiger partial charge in [0.25, 0.3) is 0 Å². The third-order valence-electron chi connectivity index (χ3n) is 3.64. The molecule has 0 aromatic heterocycles. The summed E-state index contributed by atoms with van der Waals surface area (Å²) < 4.78 is 0. The Labute approximate surface area is 94.0 Å². The molecule has 1 aliphatic rings. The molecule has 1 N–H and O–H groups in total. The number of Topliss-reactive ketones (excluding diaryl/α,β-unsaturated/α-hetero) is 1. The second-order valence-electron chi connectivity index (χ2n) is 6.41. The molecule has 15 heavy (non-hydrogen) atoms. The van der Waals surface area contributed by atoms with Crippen molar-refractivity contribution in [2.75, 3.05) is 20.6 Å². The van der Waals surface area contributed by atoms with Crippen molar-refractivity contribution >= 4 is 5.78 Å². The fraction of sp³-hybridized carbons (Fsp3) is 0.923. The first-order valence-corrected chi connectivity index (χ1v) is 6.12. The third-order valence-corrected chi connectivity index (χ3v) is 3.64. The summed E-state index contributed by atoms with van der Waals surface area (Å²) in [4.78, 5) is 13.2. The van der Waals surface area contributed by atoms with Gasteiger partial charge in [0, 0.05) is 6.42 Å². The second kappa shape index (κ2) is 4.65. The van der Waals surface area contributed by atoms with Crippen LogP contribution in [0.3, 0.4) is 0 Å². The van der Waals surface area contributed by atoms with Gasteiger partial charge in [-0.05, 0) is 24.2 Å². The average Bonchev–Trinajstić information content (AvgIpc) is 2.06. The topological polar surface area (TPSA) is 21.5 Å². The lowest BCUT2D eigenvalue weighted by Gasteiger charge is -2.36. The summed E-state index contributed by atoms with van der Waals surface area (Å²) in [5, 5.41) is 0. The number of rotatable bonds is 2. The van der Waals surface area contributed by atoms with Gasteiger partial charge in [-0.15, -0.1) is 0 Å². The number of nitrogens with one attached hydrogen (secondary N) is 1. The Morgan fingerprint density at radius 3 is 2.40 bits per heavy atom. The minimum absolute atomic E-state index is 0.313. The molecule has 0 aromatic carbocycles. The Balaban J connectivity index is 2.60. The monoisotopic (exact) mass is 212 g/mol. The Hall–Kier alpha value is -0.370. The summed E-state index contributed by atoms with van der Waals surface area (Å²) in [7, 11) is 4.27. The molecule has 0 aromatic rings. The summed E-state index contributed by atoms with van der Waals surface area (Å²) >= 11 is 0. The Kier molecular flexibility index (Phi) is 3.93. The number of quaternary nitrogens is 1. The van der Waals surface area contributed by atoms with Crippen molar-refractivity contribution in [2.24, 2.45) is 17.3 Å². The van der Waals surface area contributed by atoms with Crippen LogP contribution in [0.5, 0.6) is 0 Å². The van der Waals surface area contributed by atoms with Crippen LogP contribution in [-0.2, 0) is 4.79 Å². The highest BCUT2D eigenvalue weighted by Gasteiger charge is 2.35. The third kappa shape index (κ3) is 3.60. The standard InChI is InChI=1S/C13H25NO/c1-13(2,3)11-6-7-12(15)10(8-11)9-14(4)5/h10-11H,6-9H2,1-5H3/p+1/t10-,11-/m0/s1. The van der Waals surface area contributed by atoms with Crippen LogP contribution in [0.4, 0.5) is 0 Å². The molecule has 0 bridgehead atoms. The molecule has 0 spiro atoms. The smallest absolute Gasteiger partial charge is 0.141 e. The summed E-state index contributed by atoms with van der Waals surface area (Å²) in [5.41, 5.74) is 0.362. The highest BCUT2D eigenvalue weighted by molar-refractivity contribution is 5.81. The zero-order chi connectivity index (χ0) is 11.6. The van der Waals surface area contributed by atoms with Crippen molar-refractivity contribution in [1.82, 2.24) is 0 Å². The van der Waals surface area contributed by atoms with E-state index in [1.165, 1.54) is 4.90 Å². The van der Waals surface area contributed by atoms with E-state index in [2.05, 4.69) is 34.9 Å². The predicted octanol–water partition coefficient (Wildman–Crippen LogP) is 1.16. The van der Waals surface area contributed by atoms with Crippen LogP contribution in [0.2, 0.25) is 0 Å². The van der Waals surface area contributed by atoms with Crippen LogP contribution < -0.4 is 4.90 Å². The molecule has 1 aliphatic carbocycles. The van der Waals surface area contributed by atoms with E-state index in [4.69, 9.17) is 0 Å². The summed E-state index contributed by atoms with van der Waals surface area (Å²) in [6.45, 7) is 7.90. The Morgan fingerprint density at radius 1 is 1.33 bits per heavy atom. The van der Waals surface area contributed by atoms with Crippen LogP contribution in [0.15, 0.2) is 0 Å². The van der Waals surface area contributed by atoms with Gasteiger partial charge in [0.15, 0.2) is 0 Å². The zero-order valence-electron chi connectivity index (χ0n) is 10.9. The molecular weight excluding hydrogens is 186 g/mol. The van der Waals surface area contributed by atoms with Gasteiger partial charge < -0.3 is 4.90 Å². The van der Waals surface area contributed by atoms with E-state index in [9.17, 15) is 4.79 Å². The lowest BCUT2D eigenvalue weighted by atomic mass is 9.68. The first kappa shape index (κ1) is 12.7. The first-order valence-electron chi connectivity index (χ1n) is 6.12. The molecule has 2 nitrogen and oxygen atoms in total. The SMILES string of the molecule is C[NH+](C)C[C@@H]1C[C@@H](C(C)(C)C)CCC1=O. The maximum absolute atomic E-state index is 11.8. The van der Waals surface area contributed by atoms with E-state index in [0.717, 1.165) is 31.7 Å². The van der Waals surface area contributed by atoms with E-state index in [1.807, 2.05) is 0 Å². The predicted molar refractivity (Wildman–Crippen MR) is 63.0 cm³/mol. The fourth-order valence-corrected chi connectivity index (χ4v) is 2.59. The number of hydrogen-bond acceptors (Lipinski definition) is 1. The van der Waals surface area contributed by atoms with Crippen LogP contribution in [0, 0.1) is 17.3 Å². The van der Waals surface area contributed by atoms with Crippen molar-refractivity contribution in [3.05, 3.63) is 0 Å². The van der Waals surface area contributed by atoms with Crippen molar-refractivity contribution in [2.45, 2.75) is 40.0 Å². The van der Waals surface area contributed by atoms with E-state index >= 15 is 0 Å². The summed E-state index contributed by atoms with van der Waals surface area (Å²) in [6, 6.07) is 0. The molecule has 1 fully saturated rings. The maximum atomic E-state index is 11.8. The lowest BCUT2D eigenvalue weighted by molar-refractivity contribution is -0.861. The first-order chi connectivity index (χ1) is 6.80. The Bertz CT molecular complexity index is 227. The molecule has 88 valence electrons. The molecule has 2 heteroatoms. The maximum Gasteiger partial charge on any atom is 0.141 e. The number of carbonyl (C=O) groups excluding carboxylic acids is 1. The molecule has 0 aliphatic heterocycles. The Morgan fingerprint density at radius 2 is 1.93 bits per heavy atom. The fourth-order valence-electron chi connectivity index (χ4n) is 2.59. The van der Waals surface area contributed by atoms with Gasteiger partial charge in [-0.1, -0.05) is 20.8 Å². The van der Waals surface area contributed by atoms with Gasteiger partial charge >= 0.3 is 0 Å². The van der Waals surface area contributed by atoms with E-state index in [-0.39, 0.29) is 0 Å². The van der Waals surface area contributed by atoms with Gasteiger partial charge in [-0.3, -0.25) is 4.79 Å². The largest absolute Gasteiger partial charge is 0.339 e. The molecule has 2 atom stereocenters. The number of carbonyl (C=O) groups is 1. The van der Waals surface area contributed by atoms with Crippen LogP contribution >= 0.6 is 0 Å². The van der Waals surface area contributed by atoms with E-state index < -0.39 is 0 Å². The van der Waals surface area contributed by atoms with Crippen molar-refractivity contribution in [3.8, 4) is 0 Å². The van der Waals surface area contributed by atoms with Crippen molar-refractivity contribution in [1.29, 1.82) is 0 Å². The summed E-state index contributed by atoms with van der Waals surface area (Å²) in [5.74, 6) is 1.53. The highest BCUT2D eigenvalue weighted by Crippen LogP contribution is 2.38. The van der Waals surface area contributed by atoms with Gasteiger partial charge in [-0.2, -0.15) is 0 Å². The van der Waals surface area contributed by atoms with Crippen LogP contribution in [0.25, 0.3) is 0 Å². The number of hydrogen-bond donors (Lipinski definition) is 1.